The average molecular weight is 395 g/mol. The van der Waals surface area contributed by atoms with Gasteiger partial charge in [-0.05, 0) is 23.8 Å². The second-order valence-electron chi connectivity index (χ2n) is 7.30. The van der Waals surface area contributed by atoms with Gasteiger partial charge in [0.25, 0.3) is 5.69 Å². The van der Waals surface area contributed by atoms with Gasteiger partial charge in [0.2, 0.25) is 0 Å². The molecule has 2 N–H and O–H groups in total. The van der Waals surface area contributed by atoms with Crippen molar-refractivity contribution in [3.63, 3.8) is 0 Å². The van der Waals surface area contributed by atoms with E-state index in [-0.39, 0.29) is 28.1 Å². The van der Waals surface area contributed by atoms with Crippen LogP contribution in [0.5, 0.6) is 0 Å². The van der Waals surface area contributed by atoms with E-state index in [1.807, 2.05) is 50.1 Å². The maximum absolute atomic E-state index is 12.4. The van der Waals surface area contributed by atoms with E-state index in [4.69, 9.17) is 10.5 Å². The number of carbonyl (C=O) groups excluding carboxylic acids is 2. The van der Waals surface area contributed by atoms with Crippen LogP contribution in [-0.2, 0) is 14.9 Å². The van der Waals surface area contributed by atoms with Crippen LogP contribution in [0.25, 0.3) is 0 Å². The summed E-state index contributed by atoms with van der Waals surface area (Å²) in [6, 6.07) is 11.5. The van der Waals surface area contributed by atoms with Gasteiger partial charge in [0.05, 0.1) is 10.5 Å². The molecule has 0 aliphatic carbocycles. The lowest BCUT2D eigenvalue weighted by molar-refractivity contribution is -0.383. The molecule has 0 radical (unpaired) electrons. The smallest absolute Gasteiger partial charge is 0.338 e. The Morgan fingerprint density at radius 2 is 1.93 bits per heavy atom. The molecule has 0 unspecified atom stereocenters. The van der Waals surface area contributed by atoms with Gasteiger partial charge in [-0.1, -0.05) is 32.0 Å². The second kappa shape index (κ2) is 7.38. The van der Waals surface area contributed by atoms with Gasteiger partial charge in [0, 0.05) is 36.0 Å². The average Bonchev–Trinajstić information content (AvgIpc) is 2.87. The van der Waals surface area contributed by atoms with Crippen LogP contribution in [0.3, 0.4) is 0 Å². The number of esters is 1. The predicted octanol–water partition coefficient (Wildman–Crippen LogP) is 3.21. The van der Waals surface area contributed by atoms with Crippen molar-refractivity contribution >= 4 is 28.8 Å². The first-order valence-electron chi connectivity index (χ1n) is 8.92. The minimum absolute atomic E-state index is 0.0444. The number of ketones is 1. The fraction of sp³-hybridized carbons (Fsp3) is 0.238. The van der Waals surface area contributed by atoms with Gasteiger partial charge in [0.15, 0.2) is 12.4 Å². The number of nitrogens with two attached hydrogens (primary N) is 1. The number of anilines is 2. The Morgan fingerprint density at radius 3 is 2.59 bits per heavy atom. The largest absolute Gasteiger partial charge is 0.454 e. The Kier molecular flexibility index (Phi) is 5.11. The molecule has 2 aromatic carbocycles. The molecule has 3 rings (SSSR count). The van der Waals surface area contributed by atoms with Gasteiger partial charge in [-0.25, -0.2) is 4.79 Å². The Balaban J connectivity index is 1.73. The molecule has 1 aliphatic rings. The first-order chi connectivity index (χ1) is 13.6. The molecule has 29 heavy (non-hydrogen) atoms. The van der Waals surface area contributed by atoms with Crippen molar-refractivity contribution in [1.82, 2.24) is 0 Å². The SMILES string of the molecule is CN1/C(=C\C(=O)COC(=O)c2ccc(N)c([N+](=O)[O-])c2)C(C)(C)c2ccccc21. The van der Waals surface area contributed by atoms with Crippen molar-refractivity contribution in [3.05, 3.63) is 75.5 Å². The zero-order chi connectivity index (χ0) is 21.3. The third kappa shape index (κ3) is 3.69. The van der Waals surface area contributed by atoms with E-state index in [2.05, 4.69) is 0 Å². The number of nitrogens with zero attached hydrogens (tertiary/aromatic N) is 2. The van der Waals surface area contributed by atoms with Crippen LogP contribution in [0.2, 0.25) is 0 Å². The summed E-state index contributed by atoms with van der Waals surface area (Å²) < 4.78 is 5.04. The van der Waals surface area contributed by atoms with Crippen LogP contribution in [0.4, 0.5) is 17.1 Å². The lowest BCUT2D eigenvalue weighted by Gasteiger charge is -2.23. The van der Waals surface area contributed by atoms with E-state index in [0.29, 0.717) is 0 Å². The molecule has 2 aromatic rings. The van der Waals surface area contributed by atoms with Crippen molar-refractivity contribution in [2.75, 3.05) is 24.3 Å². The lowest BCUT2D eigenvalue weighted by Crippen LogP contribution is -2.25. The van der Waals surface area contributed by atoms with Crippen molar-refractivity contribution in [3.8, 4) is 0 Å². The number of nitrogen functional groups attached to an aromatic ring is 1. The highest BCUT2D eigenvalue weighted by Gasteiger charge is 2.38. The highest BCUT2D eigenvalue weighted by atomic mass is 16.6. The zero-order valence-electron chi connectivity index (χ0n) is 16.3. The molecule has 1 aliphatic heterocycles. The van der Waals surface area contributed by atoms with Gasteiger partial charge in [-0.2, -0.15) is 0 Å². The minimum atomic E-state index is -0.831. The molecule has 0 atom stereocenters. The van der Waals surface area contributed by atoms with Gasteiger partial charge in [-0.15, -0.1) is 0 Å². The molecule has 0 fully saturated rings. The number of benzene rings is 2. The van der Waals surface area contributed by atoms with Crippen molar-refractivity contribution < 1.29 is 19.2 Å². The molecule has 0 bridgehead atoms. The third-order valence-electron chi connectivity index (χ3n) is 5.05. The van der Waals surface area contributed by atoms with Crippen molar-refractivity contribution in [2.24, 2.45) is 0 Å². The van der Waals surface area contributed by atoms with Crippen LogP contribution in [0.15, 0.2) is 54.2 Å². The van der Waals surface area contributed by atoms with Gasteiger partial charge >= 0.3 is 5.97 Å². The van der Waals surface area contributed by atoms with Crippen LogP contribution in [0.1, 0.15) is 29.8 Å². The number of hydrogen-bond acceptors (Lipinski definition) is 7. The Labute approximate surface area is 167 Å². The highest BCUT2D eigenvalue weighted by molar-refractivity contribution is 5.97. The van der Waals surface area contributed by atoms with Crippen LogP contribution in [0, 0.1) is 10.1 Å². The number of fused-ring (bicyclic) bond motifs is 1. The monoisotopic (exact) mass is 395 g/mol. The molecule has 0 aromatic heterocycles. The number of para-hydroxylation sites is 1. The van der Waals surface area contributed by atoms with Crippen molar-refractivity contribution in [2.45, 2.75) is 19.3 Å². The summed E-state index contributed by atoms with van der Waals surface area (Å²) >= 11 is 0. The fourth-order valence-electron chi connectivity index (χ4n) is 3.50. The summed E-state index contributed by atoms with van der Waals surface area (Å²) in [4.78, 5) is 36.8. The summed E-state index contributed by atoms with van der Waals surface area (Å²) in [6.07, 6.45) is 1.47. The first-order valence-corrected chi connectivity index (χ1v) is 8.92. The van der Waals surface area contributed by atoms with Gasteiger partial charge < -0.3 is 15.4 Å². The minimum Gasteiger partial charge on any atom is -0.454 e. The van der Waals surface area contributed by atoms with Crippen molar-refractivity contribution in [1.29, 1.82) is 0 Å². The molecule has 150 valence electrons. The molecule has 0 saturated carbocycles. The quantitative estimate of drug-likeness (QED) is 0.272. The third-order valence-corrected chi connectivity index (χ3v) is 5.05. The summed E-state index contributed by atoms with van der Waals surface area (Å²) in [7, 11) is 1.88. The van der Waals surface area contributed by atoms with Crippen LogP contribution >= 0.6 is 0 Å². The Bertz CT molecular complexity index is 1040. The Hall–Kier alpha value is -3.68. The summed E-state index contributed by atoms with van der Waals surface area (Å²) in [5.41, 5.74) is 7.57. The van der Waals surface area contributed by atoms with Gasteiger partial charge in [0.1, 0.15) is 5.69 Å². The van der Waals surface area contributed by atoms with E-state index in [9.17, 15) is 19.7 Å². The first kappa shape index (κ1) is 20.1. The highest BCUT2D eigenvalue weighted by Crippen LogP contribution is 2.46. The molecule has 1 heterocycles. The number of likely N-dealkylation sites (N-methyl/N-ethyl adjacent to an activating group) is 1. The number of hydrogen-bond donors (Lipinski definition) is 1. The standard InChI is InChI=1S/C21H21N3O5/c1-21(2)15-6-4-5-7-17(15)23(3)19(21)11-14(25)12-29-20(26)13-8-9-16(22)18(10-13)24(27)28/h4-11H,12,22H2,1-3H3/b19-11-. The zero-order valence-corrected chi connectivity index (χ0v) is 16.3. The van der Waals surface area contributed by atoms with Gasteiger partial charge in [-0.3, -0.25) is 14.9 Å². The maximum atomic E-state index is 12.4. The summed E-state index contributed by atoms with van der Waals surface area (Å²) in [6.45, 7) is 3.57. The van der Waals surface area contributed by atoms with Crippen LogP contribution < -0.4 is 10.6 Å². The molecule has 8 nitrogen and oxygen atoms in total. The molecular weight excluding hydrogens is 374 g/mol. The number of ether oxygens (including phenoxy) is 1. The number of rotatable bonds is 5. The number of allylic oxidation sites excluding steroid dienone is 1. The van der Waals surface area contributed by atoms with E-state index < -0.39 is 17.5 Å². The van der Waals surface area contributed by atoms with E-state index >= 15 is 0 Å². The normalized spacial score (nSPS) is 15.8. The number of nitro benzene ring substituents is 1. The molecule has 8 heteroatoms. The Morgan fingerprint density at radius 1 is 1.24 bits per heavy atom. The van der Waals surface area contributed by atoms with E-state index in [0.717, 1.165) is 23.0 Å². The van der Waals surface area contributed by atoms with Crippen LogP contribution in [-0.4, -0.2) is 30.3 Å². The fourth-order valence-corrected chi connectivity index (χ4v) is 3.50. The number of carbonyl (C=O) groups is 2. The van der Waals surface area contributed by atoms with E-state index in [1.165, 1.54) is 18.2 Å². The molecule has 0 saturated heterocycles. The van der Waals surface area contributed by atoms with E-state index in [1.54, 1.807) is 0 Å². The lowest BCUT2D eigenvalue weighted by atomic mass is 9.83. The second-order valence-corrected chi connectivity index (χ2v) is 7.30. The molecular formula is C21H21N3O5. The topological polar surface area (TPSA) is 116 Å². The predicted molar refractivity (Wildman–Crippen MR) is 109 cm³/mol. The molecule has 0 amide bonds. The molecule has 0 spiro atoms. The number of nitro groups is 1. The maximum Gasteiger partial charge on any atom is 0.338 e. The summed E-state index contributed by atoms with van der Waals surface area (Å²) in [5.74, 6) is -1.21. The summed E-state index contributed by atoms with van der Waals surface area (Å²) in [5, 5.41) is 10.9.